The van der Waals surface area contributed by atoms with Gasteiger partial charge in [0, 0.05) is 23.7 Å². The van der Waals surface area contributed by atoms with E-state index in [-0.39, 0.29) is 11.4 Å². The molecule has 0 fully saturated rings. The van der Waals surface area contributed by atoms with E-state index in [2.05, 4.69) is 5.32 Å². The molecule has 0 saturated carbocycles. The first-order chi connectivity index (χ1) is 8.69. The number of non-ortho nitro benzene ring substituents is 1. The summed E-state index contributed by atoms with van der Waals surface area (Å²) in [7, 11) is 0. The number of anilines is 1. The molecule has 1 amide bonds. The molecular weight excluding hydrogens is 265 g/mol. The summed E-state index contributed by atoms with van der Waals surface area (Å²) in [5, 5.41) is 12.7. The summed E-state index contributed by atoms with van der Waals surface area (Å²) in [4.78, 5) is 21.2. The van der Waals surface area contributed by atoms with E-state index in [0.717, 1.165) is 19.1 Å². The summed E-state index contributed by atoms with van der Waals surface area (Å²) in [5.41, 5.74) is 0.0472. The molecule has 0 aliphatic heterocycles. The lowest BCUT2D eigenvalue weighted by atomic mass is 10.1. The Morgan fingerprint density at radius 3 is 2.32 bits per heavy atom. The van der Waals surface area contributed by atoms with E-state index < -0.39 is 29.3 Å². The van der Waals surface area contributed by atoms with E-state index in [1.807, 2.05) is 0 Å². The summed E-state index contributed by atoms with van der Waals surface area (Å²) in [6, 6.07) is 4.83. The van der Waals surface area contributed by atoms with Crippen molar-refractivity contribution < 1.29 is 22.9 Å². The first-order valence-corrected chi connectivity index (χ1v) is 5.31. The average Bonchev–Trinajstić information content (AvgIpc) is 2.27. The first-order valence-electron chi connectivity index (χ1n) is 5.31. The third-order valence-electron chi connectivity index (χ3n) is 2.33. The lowest BCUT2D eigenvalue weighted by Gasteiger charge is -2.14. The van der Waals surface area contributed by atoms with Gasteiger partial charge in [0.2, 0.25) is 5.91 Å². The van der Waals surface area contributed by atoms with Gasteiger partial charge in [0.1, 0.15) is 0 Å². The van der Waals surface area contributed by atoms with Gasteiger partial charge in [-0.1, -0.05) is 6.92 Å². The maximum Gasteiger partial charge on any atom is 0.389 e. The second-order valence-corrected chi connectivity index (χ2v) is 4.01. The van der Waals surface area contributed by atoms with E-state index in [4.69, 9.17) is 0 Å². The van der Waals surface area contributed by atoms with Gasteiger partial charge in [-0.15, -0.1) is 0 Å². The normalized spacial score (nSPS) is 12.8. The number of nitro benzene ring substituents is 1. The number of amides is 1. The van der Waals surface area contributed by atoms with Crippen molar-refractivity contribution in [2.75, 3.05) is 5.32 Å². The summed E-state index contributed by atoms with van der Waals surface area (Å²) >= 11 is 0. The fraction of sp³-hybridized carbons (Fsp3) is 0.364. The molecular formula is C11H11F3N2O3. The molecule has 0 aromatic heterocycles. The molecule has 0 aliphatic rings. The summed E-state index contributed by atoms with van der Waals surface area (Å²) < 4.78 is 36.3. The summed E-state index contributed by atoms with van der Waals surface area (Å²) in [6.45, 7) is 1.16. The van der Waals surface area contributed by atoms with Crippen LogP contribution in [0.1, 0.15) is 13.3 Å². The van der Waals surface area contributed by atoms with Gasteiger partial charge in [0.05, 0.1) is 11.3 Å². The predicted octanol–water partition coefficient (Wildman–Crippen LogP) is 3.12. The largest absolute Gasteiger partial charge is 0.389 e. The zero-order chi connectivity index (χ0) is 14.6. The van der Waals surface area contributed by atoms with Crippen LogP contribution in [-0.2, 0) is 4.79 Å². The third-order valence-corrected chi connectivity index (χ3v) is 2.33. The number of nitrogens with zero attached hydrogens (tertiary/aromatic N) is 1. The Morgan fingerprint density at radius 2 is 1.89 bits per heavy atom. The second-order valence-electron chi connectivity index (χ2n) is 4.01. The molecule has 5 nitrogen and oxygen atoms in total. The summed E-state index contributed by atoms with van der Waals surface area (Å²) in [6.07, 6.45) is -5.63. The molecule has 0 aliphatic carbocycles. The van der Waals surface area contributed by atoms with Crippen molar-refractivity contribution in [1.29, 1.82) is 0 Å². The number of nitrogens with one attached hydrogen (secondary N) is 1. The van der Waals surface area contributed by atoms with Gasteiger partial charge in [-0.2, -0.15) is 13.2 Å². The SMILES string of the molecule is CC(CC(F)(F)F)C(=O)Nc1ccc([N+](=O)[O-])cc1. The molecule has 0 heterocycles. The number of benzene rings is 1. The number of rotatable bonds is 4. The fourth-order valence-electron chi connectivity index (χ4n) is 1.37. The van der Waals surface area contributed by atoms with E-state index in [0.29, 0.717) is 0 Å². The zero-order valence-electron chi connectivity index (χ0n) is 9.90. The third kappa shape index (κ3) is 4.94. The molecule has 1 aromatic carbocycles. The van der Waals surface area contributed by atoms with Crippen LogP contribution in [0.2, 0.25) is 0 Å². The second kappa shape index (κ2) is 5.68. The van der Waals surface area contributed by atoms with Gasteiger partial charge >= 0.3 is 6.18 Å². The van der Waals surface area contributed by atoms with Crippen LogP contribution >= 0.6 is 0 Å². The van der Waals surface area contributed by atoms with E-state index in [1.54, 1.807) is 0 Å². The van der Waals surface area contributed by atoms with E-state index >= 15 is 0 Å². The topological polar surface area (TPSA) is 72.2 Å². The molecule has 0 spiro atoms. The average molecular weight is 276 g/mol. The van der Waals surface area contributed by atoms with Gasteiger partial charge in [-0.3, -0.25) is 14.9 Å². The van der Waals surface area contributed by atoms with E-state index in [9.17, 15) is 28.1 Å². The van der Waals surface area contributed by atoms with Crippen molar-refractivity contribution >= 4 is 17.3 Å². The Hall–Kier alpha value is -2.12. The monoisotopic (exact) mass is 276 g/mol. The number of hydrogen-bond donors (Lipinski definition) is 1. The molecule has 0 saturated heterocycles. The Kier molecular flexibility index (Phi) is 4.47. The molecule has 1 unspecified atom stereocenters. The highest BCUT2D eigenvalue weighted by Gasteiger charge is 2.32. The smallest absolute Gasteiger partial charge is 0.326 e. The molecule has 1 N–H and O–H groups in total. The quantitative estimate of drug-likeness (QED) is 0.678. The lowest BCUT2D eigenvalue weighted by molar-refractivity contribution is -0.384. The van der Waals surface area contributed by atoms with Crippen LogP contribution in [0.5, 0.6) is 0 Å². The van der Waals surface area contributed by atoms with Crippen molar-refractivity contribution in [1.82, 2.24) is 0 Å². The molecule has 0 radical (unpaired) electrons. The van der Waals surface area contributed by atoms with Crippen molar-refractivity contribution in [3.8, 4) is 0 Å². The highest BCUT2D eigenvalue weighted by molar-refractivity contribution is 5.92. The maximum atomic E-state index is 12.1. The minimum Gasteiger partial charge on any atom is -0.326 e. The number of nitro groups is 1. The van der Waals surface area contributed by atoms with Gasteiger partial charge in [0.25, 0.3) is 5.69 Å². The minimum atomic E-state index is -4.41. The molecule has 8 heteroatoms. The number of carbonyl (C=O) groups is 1. The fourth-order valence-corrected chi connectivity index (χ4v) is 1.37. The van der Waals surface area contributed by atoms with Crippen LogP contribution in [0.3, 0.4) is 0 Å². The van der Waals surface area contributed by atoms with Gasteiger partial charge in [-0.05, 0) is 12.1 Å². The highest BCUT2D eigenvalue weighted by Crippen LogP contribution is 2.25. The Balaban J connectivity index is 2.64. The standard InChI is InChI=1S/C11H11F3N2O3/c1-7(6-11(12,13)14)10(17)15-8-2-4-9(5-3-8)16(18)19/h2-5,7H,6H2,1H3,(H,15,17). The van der Waals surface area contributed by atoms with Crippen molar-refractivity contribution in [2.45, 2.75) is 19.5 Å². The highest BCUT2D eigenvalue weighted by atomic mass is 19.4. The van der Waals surface area contributed by atoms with Crippen LogP contribution in [0.15, 0.2) is 24.3 Å². The molecule has 19 heavy (non-hydrogen) atoms. The van der Waals surface area contributed by atoms with Crippen LogP contribution < -0.4 is 5.32 Å². The van der Waals surface area contributed by atoms with Gasteiger partial charge < -0.3 is 5.32 Å². The van der Waals surface area contributed by atoms with Crippen LogP contribution in [0.25, 0.3) is 0 Å². The number of halogens is 3. The molecule has 1 aromatic rings. The molecule has 1 atom stereocenters. The molecule has 0 bridgehead atoms. The van der Waals surface area contributed by atoms with Crippen molar-refractivity contribution in [3.05, 3.63) is 34.4 Å². The lowest BCUT2D eigenvalue weighted by Crippen LogP contribution is -2.25. The van der Waals surface area contributed by atoms with E-state index in [1.165, 1.54) is 12.1 Å². The first kappa shape index (κ1) is 14.9. The Morgan fingerprint density at radius 1 is 1.37 bits per heavy atom. The minimum absolute atomic E-state index is 0.165. The summed E-state index contributed by atoms with van der Waals surface area (Å²) in [5.74, 6) is -2.01. The van der Waals surface area contributed by atoms with Crippen LogP contribution in [-0.4, -0.2) is 17.0 Å². The number of alkyl halides is 3. The number of hydrogen-bond acceptors (Lipinski definition) is 3. The predicted molar refractivity (Wildman–Crippen MR) is 61.6 cm³/mol. The van der Waals surface area contributed by atoms with Crippen molar-refractivity contribution in [2.24, 2.45) is 5.92 Å². The zero-order valence-corrected chi connectivity index (χ0v) is 9.90. The Bertz CT molecular complexity index is 471. The Labute approximate surface area is 106 Å². The molecule has 104 valence electrons. The van der Waals surface area contributed by atoms with Gasteiger partial charge in [0.15, 0.2) is 0 Å². The van der Waals surface area contributed by atoms with Crippen molar-refractivity contribution in [3.63, 3.8) is 0 Å². The maximum absolute atomic E-state index is 12.1. The molecule has 1 rings (SSSR count). The van der Waals surface area contributed by atoms with Crippen LogP contribution in [0, 0.1) is 16.0 Å². The van der Waals surface area contributed by atoms with Crippen LogP contribution in [0.4, 0.5) is 24.5 Å². The number of carbonyl (C=O) groups excluding carboxylic acids is 1. The van der Waals surface area contributed by atoms with Gasteiger partial charge in [-0.25, -0.2) is 0 Å².